The van der Waals surface area contributed by atoms with Crippen LogP contribution in [0.25, 0.3) is 22.0 Å². The number of aromatic amines is 1. The Labute approximate surface area is 196 Å². The molecule has 3 N–H and O–H groups in total. The first-order valence-corrected chi connectivity index (χ1v) is 10.9. The molecule has 4 aromatic rings. The maximum absolute atomic E-state index is 14.2. The third kappa shape index (κ3) is 4.61. The van der Waals surface area contributed by atoms with E-state index < -0.39 is 5.82 Å². The van der Waals surface area contributed by atoms with Gasteiger partial charge in [-0.05, 0) is 60.4 Å². The predicted octanol–water partition coefficient (Wildman–Crippen LogP) is 5.27. The van der Waals surface area contributed by atoms with Crippen LogP contribution in [0.15, 0.2) is 60.7 Å². The van der Waals surface area contributed by atoms with Gasteiger partial charge in [-0.2, -0.15) is 0 Å². The second-order valence-electron chi connectivity index (χ2n) is 7.76. The molecule has 0 bridgehead atoms. The van der Waals surface area contributed by atoms with Gasteiger partial charge in [0, 0.05) is 35.8 Å². The largest absolute Gasteiger partial charge is 0.356 e. The average molecular weight is 464 g/mol. The zero-order valence-electron chi connectivity index (χ0n) is 18.3. The van der Waals surface area contributed by atoms with Crippen molar-refractivity contribution < 1.29 is 14.0 Å². The van der Waals surface area contributed by atoms with E-state index in [-0.39, 0.29) is 16.8 Å². The van der Waals surface area contributed by atoms with E-state index >= 15 is 0 Å². The van der Waals surface area contributed by atoms with Gasteiger partial charge in [0.2, 0.25) is 0 Å². The monoisotopic (exact) mass is 463 g/mol. The molecule has 33 heavy (non-hydrogen) atoms. The van der Waals surface area contributed by atoms with E-state index in [1.165, 1.54) is 0 Å². The minimum absolute atomic E-state index is 0.0763. The number of fused-ring (bicyclic) bond motifs is 1. The van der Waals surface area contributed by atoms with Gasteiger partial charge in [0.15, 0.2) is 5.82 Å². The molecule has 168 valence electrons. The lowest BCUT2D eigenvalue weighted by Gasteiger charge is -2.08. The molecule has 0 aliphatic heterocycles. The Morgan fingerprint density at radius 2 is 1.73 bits per heavy atom. The lowest BCUT2D eigenvalue weighted by atomic mass is 10.0. The summed E-state index contributed by atoms with van der Waals surface area (Å²) < 4.78 is 14.2. The van der Waals surface area contributed by atoms with Crippen molar-refractivity contribution in [3.05, 3.63) is 93.9 Å². The molecule has 0 aliphatic rings. The number of carbonyl (C=O) groups is 2. The van der Waals surface area contributed by atoms with Gasteiger partial charge in [-0.3, -0.25) is 9.59 Å². The first kappa shape index (κ1) is 22.6. The lowest BCUT2D eigenvalue weighted by Crippen LogP contribution is -2.25. The SMILES string of the molecule is CNC(=O)c1cccc(-c2ccc(C(=O)NCCc3c(C)[nH]c4c(F)c(Cl)ccc34)cc2)c1. The summed E-state index contributed by atoms with van der Waals surface area (Å²) in [7, 11) is 1.59. The highest BCUT2D eigenvalue weighted by Gasteiger charge is 2.14. The summed E-state index contributed by atoms with van der Waals surface area (Å²) >= 11 is 5.87. The van der Waals surface area contributed by atoms with Crippen LogP contribution in [-0.2, 0) is 6.42 Å². The average Bonchev–Trinajstić information content (AvgIpc) is 3.16. The van der Waals surface area contributed by atoms with Crippen LogP contribution in [0.1, 0.15) is 32.0 Å². The number of carbonyl (C=O) groups excluding carboxylic acids is 2. The van der Waals surface area contributed by atoms with Crippen LogP contribution < -0.4 is 10.6 Å². The Balaban J connectivity index is 1.42. The van der Waals surface area contributed by atoms with E-state index in [9.17, 15) is 14.0 Å². The summed E-state index contributed by atoms with van der Waals surface area (Å²) in [6.07, 6.45) is 0.559. The number of amides is 2. The summed E-state index contributed by atoms with van der Waals surface area (Å²) in [6, 6.07) is 17.9. The summed E-state index contributed by atoms with van der Waals surface area (Å²) in [5.74, 6) is -0.801. The van der Waals surface area contributed by atoms with Crippen molar-refractivity contribution >= 4 is 34.3 Å². The summed E-state index contributed by atoms with van der Waals surface area (Å²) in [6.45, 7) is 2.29. The zero-order valence-corrected chi connectivity index (χ0v) is 19.0. The van der Waals surface area contributed by atoms with Crippen LogP contribution >= 0.6 is 11.6 Å². The number of H-pyrrole nitrogens is 1. The minimum Gasteiger partial charge on any atom is -0.356 e. The molecular formula is C26H23ClFN3O2. The van der Waals surface area contributed by atoms with E-state index in [0.717, 1.165) is 27.8 Å². The van der Waals surface area contributed by atoms with Crippen LogP contribution in [-0.4, -0.2) is 30.4 Å². The fourth-order valence-electron chi connectivity index (χ4n) is 3.91. The molecule has 0 saturated carbocycles. The first-order chi connectivity index (χ1) is 15.9. The Hall–Kier alpha value is -3.64. The van der Waals surface area contributed by atoms with E-state index in [4.69, 9.17) is 11.6 Å². The molecule has 0 fully saturated rings. The number of aryl methyl sites for hydroxylation is 1. The highest BCUT2D eigenvalue weighted by atomic mass is 35.5. The maximum atomic E-state index is 14.2. The van der Waals surface area contributed by atoms with Gasteiger partial charge in [-0.25, -0.2) is 4.39 Å². The van der Waals surface area contributed by atoms with Crippen LogP contribution in [0.2, 0.25) is 5.02 Å². The zero-order chi connectivity index (χ0) is 23.5. The predicted molar refractivity (Wildman–Crippen MR) is 129 cm³/mol. The van der Waals surface area contributed by atoms with Gasteiger partial charge in [0.1, 0.15) is 0 Å². The smallest absolute Gasteiger partial charge is 0.251 e. The number of nitrogens with one attached hydrogen (secondary N) is 3. The Morgan fingerprint density at radius 1 is 0.970 bits per heavy atom. The van der Waals surface area contributed by atoms with Gasteiger partial charge in [0.05, 0.1) is 10.5 Å². The van der Waals surface area contributed by atoms with Gasteiger partial charge in [-0.1, -0.05) is 41.9 Å². The maximum Gasteiger partial charge on any atom is 0.251 e. The molecule has 0 spiro atoms. The summed E-state index contributed by atoms with van der Waals surface area (Å²) in [5.41, 5.74) is 5.10. The number of aromatic nitrogens is 1. The second-order valence-corrected chi connectivity index (χ2v) is 8.16. The van der Waals surface area contributed by atoms with Crippen molar-refractivity contribution in [3.63, 3.8) is 0 Å². The lowest BCUT2D eigenvalue weighted by molar-refractivity contribution is 0.0949. The molecule has 2 amide bonds. The Kier molecular flexibility index (Phi) is 6.47. The summed E-state index contributed by atoms with van der Waals surface area (Å²) in [4.78, 5) is 27.5. The highest BCUT2D eigenvalue weighted by molar-refractivity contribution is 6.31. The second kappa shape index (κ2) is 9.46. The number of rotatable bonds is 6. The molecule has 0 atom stereocenters. The first-order valence-electron chi connectivity index (χ1n) is 10.5. The van der Waals surface area contributed by atoms with Crippen LogP contribution in [0.4, 0.5) is 4.39 Å². The molecule has 1 aromatic heterocycles. The van der Waals surface area contributed by atoms with E-state index in [1.54, 1.807) is 37.4 Å². The highest BCUT2D eigenvalue weighted by Crippen LogP contribution is 2.29. The molecule has 0 unspecified atom stereocenters. The quantitative estimate of drug-likeness (QED) is 0.364. The van der Waals surface area contributed by atoms with E-state index in [2.05, 4.69) is 15.6 Å². The Morgan fingerprint density at radius 3 is 2.45 bits per heavy atom. The fraction of sp³-hybridized carbons (Fsp3) is 0.154. The van der Waals surface area contributed by atoms with Crippen molar-refractivity contribution in [2.75, 3.05) is 13.6 Å². The van der Waals surface area contributed by atoms with Crippen LogP contribution in [0, 0.1) is 12.7 Å². The molecule has 7 heteroatoms. The molecular weight excluding hydrogens is 441 g/mol. The summed E-state index contributed by atoms with van der Waals surface area (Å²) in [5, 5.41) is 6.38. The standard InChI is InChI=1S/C26H23ClFN3O2/c1-15-20(21-10-11-22(27)23(28)24(21)31-15)12-13-30-26(33)17-8-6-16(7-9-17)18-4-3-5-19(14-18)25(32)29-2/h3-11,14,31H,12-13H2,1-2H3,(H,29,32)(H,30,33). The van der Waals surface area contributed by atoms with Crippen molar-refractivity contribution in [3.8, 4) is 11.1 Å². The van der Waals surface area contributed by atoms with Crippen LogP contribution in [0.5, 0.6) is 0 Å². The van der Waals surface area contributed by atoms with Gasteiger partial charge in [0.25, 0.3) is 11.8 Å². The number of benzene rings is 3. The number of hydrogen-bond donors (Lipinski definition) is 3. The molecule has 1 heterocycles. The third-order valence-corrected chi connectivity index (χ3v) is 5.97. The molecule has 0 radical (unpaired) electrons. The molecule has 0 aliphatic carbocycles. The van der Waals surface area contributed by atoms with Crippen molar-refractivity contribution in [1.82, 2.24) is 15.6 Å². The van der Waals surface area contributed by atoms with Gasteiger partial charge >= 0.3 is 0 Å². The topological polar surface area (TPSA) is 74.0 Å². The fourth-order valence-corrected chi connectivity index (χ4v) is 4.07. The number of halogens is 2. The van der Waals surface area contributed by atoms with Gasteiger partial charge < -0.3 is 15.6 Å². The van der Waals surface area contributed by atoms with Crippen molar-refractivity contribution in [2.24, 2.45) is 0 Å². The van der Waals surface area contributed by atoms with E-state index in [1.807, 2.05) is 37.3 Å². The van der Waals surface area contributed by atoms with Crippen molar-refractivity contribution in [2.45, 2.75) is 13.3 Å². The molecule has 5 nitrogen and oxygen atoms in total. The third-order valence-electron chi connectivity index (χ3n) is 5.68. The Bertz CT molecular complexity index is 1350. The molecule has 0 saturated heterocycles. The van der Waals surface area contributed by atoms with Gasteiger partial charge in [-0.15, -0.1) is 0 Å². The molecule has 3 aromatic carbocycles. The minimum atomic E-state index is -0.464. The normalized spacial score (nSPS) is 10.9. The number of hydrogen-bond acceptors (Lipinski definition) is 2. The molecule has 4 rings (SSSR count). The van der Waals surface area contributed by atoms with E-state index in [0.29, 0.717) is 29.6 Å². The van der Waals surface area contributed by atoms with Crippen molar-refractivity contribution in [1.29, 1.82) is 0 Å². The van der Waals surface area contributed by atoms with Crippen LogP contribution in [0.3, 0.4) is 0 Å².